The molecule has 0 spiro atoms. The van der Waals surface area contributed by atoms with Gasteiger partial charge in [0.1, 0.15) is 0 Å². The van der Waals surface area contributed by atoms with Gasteiger partial charge in [0, 0.05) is 31.3 Å². The molecule has 1 N–H and O–H groups in total. The van der Waals surface area contributed by atoms with Crippen LogP contribution in [0.3, 0.4) is 0 Å². The third-order valence-electron chi connectivity index (χ3n) is 3.60. The Kier molecular flexibility index (Phi) is 4.73. The van der Waals surface area contributed by atoms with Crippen LogP contribution in [-0.2, 0) is 0 Å². The lowest BCUT2D eigenvalue weighted by Gasteiger charge is -2.36. The Morgan fingerprint density at radius 3 is 3.00 bits per heavy atom. The maximum absolute atomic E-state index is 11.2. The number of aliphatic hydroxyl groups is 1. The third-order valence-corrected chi connectivity index (χ3v) is 3.60. The van der Waals surface area contributed by atoms with E-state index < -0.39 is 4.92 Å². The van der Waals surface area contributed by atoms with Gasteiger partial charge in [0.15, 0.2) is 0 Å². The number of aromatic nitrogens is 1. The lowest BCUT2D eigenvalue weighted by Crippen LogP contribution is -2.41. The number of hydrogen-bond acceptors (Lipinski definition) is 6. The Balaban J connectivity index is 2.39. The Labute approximate surface area is 117 Å². The van der Waals surface area contributed by atoms with Crippen molar-refractivity contribution in [3.63, 3.8) is 0 Å². The zero-order valence-electron chi connectivity index (χ0n) is 11.5. The van der Waals surface area contributed by atoms with Gasteiger partial charge in [-0.25, -0.2) is 0 Å². The quantitative estimate of drug-likeness (QED) is 0.653. The molecule has 7 nitrogen and oxygen atoms in total. The van der Waals surface area contributed by atoms with Crippen molar-refractivity contribution in [3.8, 4) is 5.88 Å². The van der Waals surface area contributed by atoms with E-state index in [1.54, 1.807) is 0 Å². The van der Waals surface area contributed by atoms with E-state index in [0.717, 1.165) is 19.3 Å². The Bertz CT molecular complexity index is 479. The van der Waals surface area contributed by atoms with E-state index in [-0.39, 0.29) is 18.3 Å². The molecular formula is C13H19N3O4. The summed E-state index contributed by atoms with van der Waals surface area (Å²) in [5.74, 6) is 0.700. The fraction of sp³-hybridized carbons (Fsp3) is 0.615. The number of piperidine rings is 1. The van der Waals surface area contributed by atoms with E-state index in [2.05, 4.69) is 4.98 Å². The van der Waals surface area contributed by atoms with Crippen LogP contribution in [0.1, 0.15) is 25.7 Å². The number of anilines is 1. The summed E-state index contributed by atoms with van der Waals surface area (Å²) in [6, 6.07) is 3.00. The summed E-state index contributed by atoms with van der Waals surface area (Å²) in [5, 5.41) is 20.3. The first-order valence-electron chi connectivity index (χ1n) is 6.74. The summed E-state index contributed by atoms with van der Waals surface area (Å²) >= 11 is 0. The van der Waals surface area contributed by atoms with Crippen LogP contribution in [0.25, 0.3) is 0 Å². The van der Waals surface area contributed by atoms with Crippen LogP contribution in [0, 0.1) is 10.1 Å². The van der Waals surface area contributed by atoms with Crippen molar-refractivity contribution < 1.29 is 14.8 Å². The van der Waals surface area contributed by atoms with Crippen molar-refractivity contribution >= 4 is 11.5 Å². The van der Waals surface area contributed by atoms with Gasteiger partial charge in [-0.05, 0) is 25.7 Å². The first kappa shape index (κ1) is 14.5. The molecule has 1 aliphatic heterocycles. The zero-order valence-corrected chi connectivity index (χ0v) is 11.5. The van der Waals surface area contributed by atoms with Crippen LogP contribution in [0.15, 0.2) is 12.1 Å². The molecule has 1 unspecified atom stereocenters. The second-order valence-corrected chi connectivity index (χ2v) is 4.81. The van der Waals surface area contributed by atoms with Gasteiger partial charge in [0.25, 0.3) is 0 Å². The Morgan fingerprint density at radius 2 is 2.35 bits per heavy atom. The normalized spacial score (nSPS) is 18.9. The molecule has 1 aromatic rings. The monoisotopic (exact) mass is 281 g/mol. The highest BCUT2D eigenvalue weighted by Crippen LogP contribution is 2.33. The van der Waals surface area contributed by atoms with Crippen molar-refractivity contribution in [2.75, 3.05) is 25.2 Å². The van der Waals surface area contributed by atoms with Gasteiger partial charge < -0.3 is 14.7 Å². The smallest absolute Gasteiger partial charge is 0.311 e. The summed E-state index contributed by atoms with van der Waals surface area (Å²) in [5.41, 5.74) is -0.0179. The Morgan fingerprint density at radius 1 is 1.55 bits per heavy atom. The minimum Gasteiger partial charge on any atom is -0.481 e. The molecule has 0 saturated carbocycles. The molecule has 1 aromatic heterocycles. The van der Waals surface area contributed by atoms with Crippen LogP contribution < -0.4 is 9.64 Å². The summed E-state index contributed by atoms with van der Waals surface area (Å²) in [4.78, 5) is 16.9. The lowest BCUT2D eigenvalue weighted by atomic mass is 9.99. The van der Waals surface area contributed by atoms with E-state index >= 15 is 0 Å². The number of ether oxygens (including phenoxy) is 1. The van der Waals surface area contributed by atoms with E-state index in [4.69, 9.17) is 9.84 Å². The first-order valence-corrected chi connectivity index (χ1v) is 6.74. The molecule has 2 rings (SSSR count). The number of pyridine rings is 1. The second kappa shape index (κ2) is 6.51. The molecule has 1 fully saturated rings. The van der Waals surface area contributed by atoms with Gasteiger partial charge in [0.05, 0.1) is 12.0 Å². The fourth-order valence-electron chi connectivity index (χ4n) is 2.62. The average Bonchev–Trinajstić information content (AvgIpc) is 2.47. The second-order valence-electron chi connectivity index (χ2n) is 4.81. The molecule has 0 bridgehead atoms. The van der Waals surface area contributed by atoms with Crippen LogP contribution >= 0.6 is 0 Å². The number of rotatable bonds is 5. The van der Waals surface area contributed by atoms with E-state index in [9.17, 15) is 10.1 Å². The molecule has 1 atom stereocenters. The van der Waals surface area contributed by atoms with Crippen molar-refractivity contribution in [3.05, 3.63) is 22.2 Å². The topological polar surface area (TPSA) is 88.7 Å². The molecule has 20 heavy (non-hydrogen) atoms. The molecule has 2 heterocycles. The highest BCUT2D eigenvalue weighted by atomic mass is 16.6. The maximum atomic E-state index is 11.2. The van der Waals surface area contributed by atoms with Crippen LogP contribution in [-0.4, -0.2) is 41.3 Å². The maximum Gasteiger partial charge on any atom is 0.311 e. The highest BCUT2D eigenvalue weighted by Gasteiger charge is 2.29. The fourth-order valence-corrected chi connectivity index (χ4v) is 2.62. The highest BCUT2D eigenvalue weighted by molar-refractivity contribution is 5.59. The lowest BCUT2D eigenvalue weighted by molar-refractivity contribution is -0.384. The molecule has 0 amide bonds. The van der Waals surface area contributed by atoms with Crippen LogP contribution in [0.4, 0.5) is 11.5 Å². The van der Waals surface area contributed by atoms with Gasteiger partial charge in [-0.15, -0.1) is 0 Å². The molecule has 110 valence electrons. The van der Waals surface area contributed by atoms with Gasteiger partial charge in [0.2, 0.25) is 11.7 Å². The van der Waals surface area contributed by atoms with Gasteiger partial charge >= 0.3 is 5.69 Å². The Hall–Kier alpha value is -1.89. The molecular weight excluding hydrogens is 262 g/mol. The van der Waals surface area contributed by atoms with E-state index in [1.807, 2.05) is 4.90 Å². The third kappa shape index (κ3) is 2.98. The van der Waals surface area contributed by atoms with Crippen molar-refractivity contribution in [1.29, 1.82) is 0 Å². The summed E-state index contributed by atoms with van der Waals surface area (Å²) in [7, 11) is 1.49. The standard InChI is InChI=1S/C13H19N3O4/c1-20-12-6-5-11(16(18)19)13(14-12)15-8-3-2-4-10(15)7-9-17/h5-6,10,17H,2-4,7-9H2,1H3. The van der Waals surface area contributed by atoms with Gasteiger partial charge in [-0.2, -0.15) is 4.98 Å². The van der Waals surface area contributed by atoms with Crippen molar-refractivity contribution in [1.82, 2.24) is 4.98 Å². The SMILES string of the molecule is COc1ccc([N+](=O)[O-])c(N2CCCCC2CCO)n1. The van der Waals surface area contributed by atoms with Crippen molar-refractivity contribution in [2.45, 2.75) is 31.7 Å². The van der Waals surface area contributed by atoms with Gasteiger partial charge in [-0.1, -0.05) is 0 Å². The summed E-state index contributed by atoms with van der Waals surface area (Å²) in [6.45, 7) is 0.782. The van der Waals surface area contributed by atoms with Gasteiger partial charge in [-0.3, -0.25) is 10.1 Å². The minimum atomic E-state index is -0.424. The predicted octanol–water partition coefficient (Wildman–Crippen LogP) is 1.74. The predicted molar refractivity (Wildman–Crippen MR) is 74.1 cm³/mol. The molecule has 1 saturated heterocycles. The first-order chi connectivity index (χ1) is 9.67. The van der Waals surface area contributed by atoms with Crippen molar-refractivity contribution in [2.24, 2.45) is 0 Å². The molecule has 1 aliphatic rings. The molecule has 7 heteroatoms. The van der Waals surface area contributed by atoms with Crippen LogP contribution in [0.2, 0.25) is 0 Å². The number of nitro groups is 1. The zero-order chi connectivity index (χ0) is 14.5. The molecule has 0 aliphatic carbocycles. The number of nitrogens with zero attached hydrogens (tertiary/aromatic N) is 3. The number of aliphatic hydroxyl groups excluding tert-OH is 1. The summed E-state index contributed by atoms with van der Waals surface area (Å²) in [6.07, 6.45) is 3.55. The number of hydrogen-bond donors (Lipinski definition) is 1. The van der Waals surface area contributed by atoms with Crippen LogP contribution in [0.5, 0.6) is 5.88 Å². The molecule has 0 radical (unpaired) electrons. The molecule has 0 aromatic carbocycles. The number of methoxy groups -OCH3 is 1. The summed E-state index contributed by atoms with van der Waals surface area (Å²) < 4.78 is 5.07. The minimum absolute atomic E-state index is 0.0179. The van der Waals surface area contributed by atoms with E-state index in [1.165, 1.54) is 19.2 Å². The van der Waals surface area contributed by atoms with E-state index in [0.29, 0.717) is 24.7 Å². The largest absolute Gasteiger partial charge is 0.481 e. The average molecular weight is 281 g/mol.